The van der Waals surface area contributed by atoms with Crippen LogP contribution in [0.15, 0.2) is 30.5 Å². The zero-order valence-corrected chi connectivity index (χ0v) is 15.1. The molecule has 0 bridgehead atoms. The Labute approximate surface area is 151 Å². The molecule has 1 N–H and O–H groups in total. The quantitative estimate of drug-likeness (QED) is 0.637. The van der Waals surface area contributed by atoms with Crippen molar-refractivity contribution in [2.24, 2.45) is 0 Å². The van der Waals surface area contributed by atoms with Crippen LogP contribution in [-0.4, -0.2) is 25.8 Å². The molecular weight excluding hydrogens is 419 g/mol. The van der Waals surface area contributed by atoms with Crippen molar-refractivity contribution in [1.82, 2.24) is 14.8 Å². The molecule has 0 atom stereocenters. The van der Waals surface area contributed by atoms with Gasteiger partial charge in [-0.15, -0.1) is 0 Å². The van der Waals surface area contributed by atoms with Crippen LogP contribution >= 0.6 is 22.6 Å². The van der Waals surface area contributed by atoms with E-state index in [4.69, 9.17) is 5.11 Å². The minimum Gasteiger partial charge on any atom is -0.478 e. The molecule has 0 saturated heterocycles. The van der Waals surface area contributed by atoms with E-state index in [1.165, 1.54) is 12.1 Å². The topological polar surface area (TPSA) is 91.8 Å². The average Bonchev–Trinajstić information content (AvgIpc) is 2.95. The maximum atomic E-state index is 11.1. The van der Waals surface area contributed by atoms with Crippen molar-refractivity contribution < 1.29 is 9.90 Å². The molecule has 0 aliphatic rings. The number of aromatic nitrogens is 3. The Balaban J connectivity index is 2.34. The molecule has 0 saturated carbocycles. The lowest BCUT2D eigenvalue weighted by Crippen LogP contribution is -2.04. The Kier molecular flexibility index (Phi) is 4.24. The van der Waals surface area contributed by atoms with Gasteiger partial charge in [0.15, 0.2) is 5.65 Å². The maximum Gasteiger partial charge on any atom is 0.335 e. The molecule has 2 aromatic heterocycles. The minimum absolute atomic E-state index is 0.0679. The molecule has 2 heterocycles. The fourth-order valence-electron chi connectivity index (χ4n) is 2.55. The number of carbonyl (C=O) groups is 1. The van der Waals surface area contributed by atoms with Gasteiger partial charge in [-0.3, -0.25) is 0 Å². The number of carboxylic acids is 1. The molecule has 3 rings (SSSR count). The first kappa shape index (κ1) is 16.4. The van der Waals surface area contributed by atoms with Crippen LogP contribution in [-0.2, 0) is 0 Å². The first-order valence-electron chi connectivity index (χ1n) is 7.25. The van der Waals surface area contributed by atoms with E-state index in [9.17, 15) is 10.1 Å². The number of rotatable bonds is 3. The van der Waals surface area contributed by atoms with Crippen molar-refractivity contribution in [1.29, 1.82) is 5.26 Å². The molecule has 6 nitrogen and oxygen atoms in total. The number of aromatic carboxylic acids is 1. The van der Waals surface area contributed by atoms with Crippen molar-refractivity contribution in [2.75, 3.05) is 0 Å². The second kappa shape index (κ2) is 6.20. The van der Waals surface area contributed by atoms with Gasteiger partial charge in [0.2, 0.25) is 0 Å². The van der Waals surface area contributed by atoms with E-state index in [1.54, 1.807) is 16.9 Å². The largest absolute Gasteiger partial charge is 0.478 e. The number of hydrogen-bond donors (Lipinski definition) is 1. The van der Waals surface area contributed by atoms with Crippen LogP contribution in [0.5, 0.6) is 0 Å². The molecule has 0 spiro atoms. The molecule has 0 amide bonds. The zero-order valence-electron chi connectivity index (χ0n) is 13.0. The number of nitriles is 1. The van der Waals surface area contributed by atoms with Crippen LogP contribution in [0.2, 0.25) is 0 Å². The van der Waals surface area contributed by atoms with Gasteiger partial charge in [0.1, 0.15) is 6.07 Å². The highest BCUT2D eigenvalue weighted by molar-refractivity contribution is 14.1. The normalized spacial score (nSPS) is 11.0. The highest BCUT2D eigenvalue weighted by atomic mass is 127. The van der Waals surface area contributed by atoms with E-state index in [0.29, 0.717) is 11.3 Å². The molecule has 0 aliphatic heterocycles. The third-order valence-corrected chi connectivity index (χ3v) is 4.58. The van der Waals surface area contributed by atoms with Crippen molar-refractivity contribution in [3.05, 3.63) is 50.9 Å². The molecule has 0 aliphatic carbocycles. The standard InChI is InChI=1S/C17H13IN4O2/c1-9(2)15-14-12(18)5-6-20-16(14)22(21-15)13-4-3-10(17(23)24)7-11(13)8-19/h3-7,9H,1-2H3,(H,23,24). The van der Waals surface area contributed by atoms with Crippen molar-refractivity contribution >= 4 is 39.6 Å². The fraction of sp³-hybridized carbons (Fsp3) is 0.176. The van der Waals surface area contributed by atoms with E-state index in [-0.39, 0.29) is 17.0 Å². The molecule has 3 aromatic rings. The van der Waals surface area contributed by atoms with Gasteiger partial charge in [0.25, 0.3) is 0 Å². The Bertz CT molecular complexity index is 1000. The first-order valence-corrected chi connectivity index (χ1v) is 8.33. The predicted molar refractivity (Wildman–Crippen MR) is 97.3 cm³/mol. The van der Waals surface area contributed by atoms with Crippen molar-refractivity contribution in [3.8, 4) is 11.8 Å². The third-order valence-electron chi connectivity index (χ3n) is 3.68. The molecule has 0 fully saturated rings. The molecular formula is C17H13IN4O2. The third kappa shape index (κ3) is 2.63. The van der Waals surface area contributed by atoms with Crippen LogP contribution in [0.25, 0.3) is 16.7 Å². The number of nitrogens with zero attached hydrogens (tertiary/aromatic N) is 4. The predicted octanol–water partition coefficient (Wildman–Crippen LogP) is 3.72. The van der Waals surface area contributed by atoms with Gasteiger partial charge in [0, 0.05) is 9.77 Å². The molecule has 0 radical (unpaired) electrons. The molecule has 0 unspecified atom stereocenters. The molecule has 120 valence electrons. The zero-order chi connectivity index (χ0) is 17.4. The van der Waals surface area contributed by atoms with Crippen LogP contribution in [0.4, 0.5) is 0 Å². The summed E-state index contributed by atoms with van der Waals surface area (Å²) in [4.78, 5) is 15.5. The first-order chi connectivity index (χ1) is 11.4. The van der Waals surface area contributed by atoms with Crippen LogP contribution in [0.3, 0.4) is 0 Å². The highest BCUT2D eigenvalue weighted by Crippen LogP contribution is 2.30. The van der Waals surface area contributed by atoms with E-state index < -0.39 is 5.97 Å². The summed E-state index contributed by atoms with van der Waals surface area (Å²) in [6.07, 6.45) is 1.70. The lowest BCUT2D eigenvalue weighted by Gasteiger charge is -2.06. The number of pyridine rings is 1. The van der Waals surface area contributed by atoms with Gasteiger partial charge >= 0.3 is 5.97 Å². The monoisotopic (exact) mass is 432 g/mol. The van der Waals surface area contributed by atoms with Crippen molar-refractivity contribution in [3.63, 3.8) is 0 Å². The van der Waals surface area contributed by atoms with E-state index >= 15 is 0 Å². The summed E-state index contributed by atoms with van der Waals surface area (Å²) in [6, 6.07) is 8.39. The Hall–Kier alpha value is -2.47. The number of hydrogen-bond acceptors (Lipinski definition) is 4. The minimum atomic E-state index is -1.07. The van der Waals surface area contributed by atoms with Gasteiger partial charge in [-0.2, -0.15) is 10.4 Å². The van der Waals surface area contributed by atoms with Gasteiger partial charge in [0.05, 0.1) is 27.9 Å². The summed E-state index contributed by atoms with van der Waals surface area (Å²) < 4.78 is 2.66. The number of carboxylic acid groups (broad SMARTS) is 1. The lowest BCUT2D eigenvalue weighted by atomic mass is 10.1. The summed E-state index contributed by atoms with van der Waals surface area (Å²) in [7, 11) is 0. The van der Waals surface area contributed by atoms with E-state index in [2.05, 4.69) is 38.7 Å². The lowest BCUT2D eigenvalue weighted by molar-refractivity contribution is 0.0697. The van der Waals surface area contributed by atoms with Gasteiger partial charge < -0.3 is 5.11 Å². The van der Waals surface area contributed by atoms with E-state index in [0.717, 1.165) is 14.7 Å². The second-order valence-corrected chi connectivity index (χ2v) is 6.75. The summed E-state index contributed by atoms with van der Waals surface area (Å²) >= 11 is 2.25. The Morgan fingerprint density at radius 2 is 2.12 bits per heavy atom. The van der Waals surface area contributed by atoms with Crippen molar-refractivity contribution in [2.45, 2.75) is 19.8 Å². The van der Waals surface area contributed by atoms with Gasteiger partial charge in [-0.25, -0.2) is 14.5 Å². The van der Waals surface area contributed by atoms with E-state index in [1.807, 2.05) is 19.9 Å². The smallest absolute Gasteiger partial charge is 0.335 e. The highest BCUT2D eigenvalue weighted by Gasteiger charge is 2.20. The van der Waals surface area contributed by atoms with Crippen LogP contribution < -0.4 is 0 Å². The molecule has 1 aromatic carbocycles. The van der Waals surface area contributed by atoms with Gasteiger partial charge in [-0.05, 0) is 52.8 Å². The number of benzene rings is 1. The second-order valence-electron chi connectivity index (χ2n) is 5.59. The SMILES string of the molecule is CC(C)c1nn(-c2ccc(C(=O)O)cc2C#N)c2nccc(I)c12. The average molecular weight is 432 g/mol. The van der Waals surface area contributed by atoms with Crippen LogP contribution in [0, 0.1) is 14.9 Å². The summed E-state index contributed by atoms with van der Waals surface area (Å²) in [6.45, 7) is 4.10. The van der Waals surface area contributed by atoms with Crippen LogP contribution in [0.1, 0.15) is 41.4 Å². The summed E-state index contributed by atoms with van der Waals surface area (Å²) in [5.41, 5.74) is 2.39. The summed E-state index contributed by atoms with van der Waals surface area (Å²) in [5, 5.41) is 24.1. The maximum absolute atomic E-state index is 11.1. The number of fused-ring (bicyclic) bond motifs is 1. The number of halogens is 1. The van der Waals surface area contributed by atoms with Gasteiger partial charge in [-0.1, -0.05) is 13.8 Å². The molecule has 24 heavy (non-hydrogen) atoms. The molecule has 7 heteroatoms. The Morgan fingerprint density at radius 3 is 2.75 bits per heavy atom. The Morgan fingerprint density at radius 1 is 1.38 bits per heavy atom. The summed E-state index contributed by atoms with van der Waals surface area (Å²) in [5.74, 6) is -0.880. The fourth-order valence-corrected chi connectivity index (χ4v) is 3.22.